The number of ether oxygens (including phenoxy) is 2. The van der Waals surface area contributed by atoms with E-state index in [-0.39, 0.29) is 23.7 Å². The predicted molar refractivity (Wildman–Crippen MR) is 149 cm³/mol. The first-order valence-corrected chi connectivity index (χ1v) is 13.1. The van der Waals surface area contributed by atoms with Gasteiger partial charge in [0.05, 0.1) is 17.8 Å². The normalized spacial score (nSPS) is 11.7. The Labute approximate surface area is 228 Å². The molecule has 0 aliphatic carbocycles. The van der Waals surface area contributed by atoms with Crippen LogP contribution in [-0.4, -0.2) is 58.4 Å². The number of hydrogen-bond acceptors (Lipinski definition) is 8. The van der Waals surface area contributed by atoms with Crippen LogP contribution in [0, 0.1) is 12.4 Å². The summed E-state index contributed by atoms with van der Waals surface area (Å²) in [5.41, 5.74) is 0.703. The predicted octanol–water partition coefficient (Wildman–Crippen LogP) is 5.90. The quantitative estimate of drug-likeness (QED) is 0.199. The van der Waals surface area contributed by atoms with Crippen LogP contribution in [0.3, 0.4) is 0 Å². The molecule has 39 heavy (non-hydrogen) atoms. The number of carbonyl (C=O) groups is 1. The van der Waals surface area contributed by atoms with Gasteiger partial charge in [-0.2, -0.15) is 0 Å². The molecule has 2 aromatic heterocycles. The summed E-state index contributed by atoms with van der Waals surface area (Å²) in [5.74, 6) is 0.161. The maximum atomic E-state index is 14.7. The Morgan fingerprint density at radius 3 is 2.67 bits per heavy atom. The minimum absolute atomic E-state index is 0.0300. The lowest BCUT2D eigenvalue weighted by atomic mass is 10.1. The number of pyridine rings is 1. The van der Waals surface area contributed by atoms with Gasteiger partial charge in [0, 0.05) is 35.8 Å². The fourth-order valence-electron chi connectivity index (χ4n) is 3.77. The standard InChI is InChI=1S/C27H27FN6O4S/c1-4-34(5-2)15-17(35)16-37-25-14-22-19(13-23(25)29-3)24(8-9-30-22)38-18-6-7-21(20(28)12-18)32-26(36)33-27-31-10-11-39-27/h6-14,17,35H,4-5,15-16H2,1-2H3,(H2,31,32,33,36)/t17-/m1/s1. The molecule has 0 aliphatic rings. The van der Waals surface area contributed by atoms with Gasteiger partial charge in [0.2, 0.25) is 5.69 Å². The number of aliphatic hydroxyl groups excluding tert-OH is 1. The van der Waals surface area contributed by atoms with Crippen LogP contribution in [0.5, 0.6) is 17.2 Å². The summed E-state index contributed by atoms with van der Waals surface area (Å²) in [5, 5.41) is 17.9. The first kappa shape index (κ1) is 27.7. The van der Waals surface area contributed by atoms with Gasteiger partial charge in [-0.25, -0.2) is 19.0 Å². The molecule has 0 radical (unpaired) electrons. The average Bonchev–Trinajstić information content (AvgIpc) is 3.44. The third kappa shape index (κ3) is 7.17. The number of hydrogen-bond donors (Lipinski definition) is 3. The Bertz CT molecular complexity index is 1470. The summed E-state index contributed by atoms with van der Waals surface area (Å²) >= 11 is 1.24. The largest absolute Gasteiger partial charge is 0.502 e. The highest BCUT2D eigenvalue weighted by Crippen LogP contribution is 2.37. The number of urea groups is 1. The third-order valence-electron chi connectivity index (χ3n) is 5.77. The monoisotopic (exact) mass is 550 g/mol. The van der Waals surface area contributed by atoms with Gasteiger partial charge in [-0.05, 0) is 43.4 Å². The first-order valence-electron chi connectivity index (χ1n) is 12.2. The van der Waals surface area contributed by atoms with E-state index in [1.807, 2.05) is 13.8 Å². The van der Waals surface area contributed by atoms with Crippen molar-refractivity contribution in [2.45, 2.75) is 20.0 Å². The number of amides is 2. The molecule has 0 spiro atoms. The van der Waals surface area contributed by atoms with Gasteiger partial charge < -0.3 is 24.8 Å². The van der Waals surface area contributed by atoms with Crippen molar-refractivity contribution in [1.29, 1.82) is 0 Å². The van der Waals surface area contributed by atoms with Gasteiger partial charge >= 0.3 is 6.03 Å². The topological polar surface area (TPSA) is 113 Å². The number of anilines is 2. The molecule has 2 aromatic carbocycles. The van der Waals surface area contributed by atoms with E-state index < -0.39 is 18.0 Å². The van der Waals surface area contributed by atoms with Crippen molar-refractivity contribution in [2.24, 2.45) is 0 Å². The molecular formula is C27H27FN6O4S. The maximum absolute atomic E-state index is 14.7. The van der Waals surface area contributed by atoms with Crippen LogP contribution in [0.25, 0.3) is 15.7 Å². The molecule has 4 aromatic rings. The molecule has 0 fully saturated rings. The van der Waals surface area contributed by atoms with Crippen LogP contribution in [0.2, 0.25) is 0 Å². The number of rotatable bonds is 11. The van der Waals surface area contributed by atoms with Crippen LogP contribution in [0.15, 0.2) is 54.2 Å². The number of thiazole rings is 1. The molecule has 10 nitrogen and oxygen atoms in total. The van der Waals surface area contributed by atoms with Gasteiger partial charge in [-0.15, -0.1) is 11.3 Å². The second-order valence-corrected chi connectivity index (χ2v) is 9.26. The summed E-state index contributed by atoms with van der Waals surface area (Å²) in [6.45, 7) is 13.8. The van der Waals surface area contributed by atoms with Crippen molar-refractivity contribution in [2.75, 3.05) is 36.9 Å². The molecule has 3 N–H and O–H groups in total. The number of aromatic nitrogens is 2. The van der Waals surface area contributed by atoms with Gasteiger partial charge in [-0.3, -0.25) is 10.3 Å². The smallest absolute Gasteiger partial charge is 0.325 e. The molecule has 0 bridgehead atoms. The Kier molecular flexibility index (Phi) is 9.22. The number of nitrogens with zero attached hydrogens (tertiary/aromatic N) is 4. The fraction of sp³-hybridized carbons (Fsp3) is 0.259. The lowest BCUT2D eigenvalue weighted by Crippen LogP contribution is -2.35. The summed E-state index contributed by atoms with van der Waals surface area (Å²) in [6, 6.07) is 8.24. The van der Waals surface area contributed by atoms with E-state index in [9.17, 15) is 14.3 Å². The van der Waals surface area contributed by atoms with Gasteiger partial charge in [0.1, 0.15) is 35.8 Å². The Balaban J connectivity index is 1.48. The minimum Gasteiger partial charge on any atom is -0.502 e. The van der Waals surface area contributed by atoms with Crippen LogP contribution in [0.4, 0.5) is 25.7 Å². The van der Waals surface area contributed by atoms with E-state index in [0.29, 0.717) is 34.1 Å². The molecule has 1 atom stereocenters. The number of carbonyl (C=O) groups excluding carboxylic acids is 1. The Hall–Kier alpha value is -4.31. The van der Waals surface area contributed by atoms with E-state index in [1.54, 1.807) is 29.8 Å². The molecule has 2 amide bonds. The zero-order chi connectivity index (χ0) is 27.8. The highest BCUT2D eigenvalue weighted by molar-refractivity contribution is 7.13. The molecule has 12 heteroatoms. The maximum Gasteiger partial charge on any atom is 0.325 e. The van der Waals surface area contributed by atoms with Crippen molar-refractivity contribution in [3.05, 3.63) is 71.4 Å². The molecule has 0 aliphatic heterocycles. The molecule has 0 unspecified atom stereocenters. The number of benzene rings is 2. The van der Waals surface area contributed by atoms with Gasteiger partial charge in [0.25, 0.3) is 0 Å². The van der Waals surface area contributed by atoms with Crippen LogP contribution in [-0.2, 0) is 0 Å². The Morgan fingerprint density at radius 1 is 1.15 bits per heavy atom. The molecule has 0 saturated heterocycles. The summed E-state index contributed by atoms with van der Waals surface area (Å²) in [6.07, 6.45) is 2.36. The summed E-state index contributed by atoms with van der Waals surface area (Å²) in [4.78, 5) is 26.0. The zero-order valence-electron chi connectivity index (χ0n) is 21.3. The number of aliphatic hydroxyl groups is 1. The van der Waals surface area contributed by atoms with Crippen LogP contribution in [0.1, 0.15) is 13.8 Å². The molecule has 0 saturated carbocycles. The van der Waals surface area contributed by atoms with Gasteiger partial charge in [0.15, 0.2) is 5.13 Å². The first-order chi connectivity index (χ1) is 18.9. The highest BCUT2D eigenvalue weighted by atomic mass is 32.1. The number of likely N-dealkylation sites (N-methyl/N-ethyl adjacent to an activating group) is 1. The van der Waals surface area contributed by atoms with E-state index in [2.05, 4.69) is 30.3 Å². The number of halogens is 1. The fourth-order valence-corrected chi connectivity index (χ4v) is 4.29. The van der Waals surface area contributed by atoms with Crippen molar-refractivity contribution in [1.82, 2.24) is 14.9 Å². The van der Waals surface area contributed by atoms with Crippen molar-refractivity contribution < 1.29 is 23.8 Å². The third-order valence-corrected chi connectivity index (χ3v) is 6.46. The lowest BCUT2D eigenvalue weighted by Gasteiger charge is -2.22. The van der Waals surface area contributed by atoms with Crippen molar-refractivity contribution >= 4 is 44.8 Å². The molecule has 202 valence electrons. The van der Waals surface area contributed by atoms with E-state index in [0.717, 1.165) is 19.2 Å². The van der Waals surface area contributed by atoms with Crippen molar-refractivity contribution in [3.63, 3.8) is 0 Å². The molecular weight excluding hydrogens is 523 g/mol. The van der Waals surface area contributed by atoms with E-state index >= 15 is 0 Å². The molecule has 4 rings (SSSR count). The van der Waals surface area contributed by atoms with E-state index in [4.69, 9.17) is 16.0 Å². The SMILES string of the molecule is [C-]#[N+]c1cc2c(Oc3ccc(NC(=O)Nc4nccs4)c(F)c3)ccnc2cc1OC[C@H](O)CN(CC)CC. The average molecular weight is 551 g/mol. The minimum atomic E-state index is -0.715. The Morgan fingerprint density at radius 2 is 1.97 bits per heavy atom. The van der Waals surface area contributed by atoms with Gasteiger partial charge in [-0.1, -0.05) is 13.8 Å². The second-order valence-electron chi connectivity index (χ2n) is 8.37. The molecule has 2 heterocycles. The number of nitrogens with one attached hydrogen (secondary N) is 2. The van der Waals surface area contributed by atoms with E-state index in [1.165, 1.54) is 29.7 Å². The second kappa shape index (κ2) is 13.0. The summed E-state index contributed by atoms with van der Waals surface area (Å²) in [7, 11) is 0. The lowest BCUT2D eigenvalue weighted by molar-refractivity contribution is 0.0720. The van der Waals surface area contributed by atoms with Crippen LogP contribution < -0.4 is 20.1 Å². The van der Waals surface area contributed by atoms with Crippen molar-refractivity contribution in [3.8, 4) is 17.2 Å². The summed E-state index contributed by atoms with van der Waals surface area (Å²) < 4.78 is 26.4. The highest BCUT2D eigenvalue weighted by Gasteiger charge is 2.16. The zero-order valence-corrected chi connectivity index (χ0v) is 22.2. The van der Waals surface area contributed by atoms with Crippen LogP contribution >= 0.6 is 11.3 Å². The number of fused-ring (bicyclic) bond motifs is 1.